The molecule has 1 unspecified atom stereocenters. The second kappa shape index (κ2) is 8.69. The highest BCUT2D eigenvalue weighted by Gasteiger charge is 2.16. The van der Waals surface area contributed by atoms with Crippen molar-refractivity contribution in [2.75, 3.05) is 6.61 Å². The number of carbonyl (C=O) groups is 1. The molecule has 5 nitrogen and oxygen atoms in total. The molecule has 1 heterocycles. The molecule has 1 N–H and O–H groups in total. The number of nitrogens with one attached hydrogen (secondary N) is 1. The van der Waals surface area contributed by atoms with Crippen molar-refractivity contribution >= 4 is 5.91 Å². The van der Waals surface area contributed by atoms with Gasteiger partial charge in [-0.2, -0.15) is 5.10 Å². The summed E-state index contributed by atoms with van der Waals surface area (Å²) in [6.07, 6.45) is 2.03. The molecule has 0 aliphatic rings. The molecule has 1 atom stereocenters. The van der Waals surface area contributed by atoms with Crippen LogP contribution in [0.5, 0.6) is 5.75 Å². The van der Waals surface area contributed by atoms with Gasteiger partial charge in [0.25, 0.3) is 0 Å². The maximum absolute atomic E-state index is 13.1. The van der Waals surface area contributed by atoms with Crippen LogP contribution in [-0.2, 0) is 11.2 Å². The first-order chi connectivity index (χ1) is 13.5. The van der Waals surface area contributed by atoms with Gasteiger partial charge in [-0.25, -0.2) is 9.07 Å². The third-order valence-corrected chi connectivity index (χ3v) is 4.56. The lowest BCUT2D eigenvalue weighted by atomic mass is 10.1. The minimum atomic E-state index is -0.288. The monoisotopic (exact) mass is 381 g/mol. The number of halogens is 1. The van der Waals surface area contributed by atoms with Gasteiger partial charge in [0.05, 0.1) is 31.0 Å². The van der Waals surface area contributed by atoms with E-state index in [9.17, 15) is 9.18 Å². The fourth-order valence-corrected chi connectivity index (χ4v) is 3.12. The quantitative estimate of drug-likeness (QED) is 0.669. The first-order valence-electron chi connectivity index (χ1n) is 9.29. The Morgan fingerprint density at radius 2 is 1.86 bits per heavy atom. The predicted octanol–water partition coefficient (Wildman–Crippen LogP) is 4.14. The van der Waals surface area contributed by atoms with Crippen LogP contribution in [-0.4, -0.2) is 22.3 Å². The maximum Gasteiger partial charge on any atom is 0.224 e. The van der Waals surface area contributed by atoms with Gasteiger partial charge in [-0.05, 0) is 62.7 Å². The SMILES string of the molecule is CCOc1ccc(CC(=O)NC(C)c2cnn(-c3ccc(F)cc3)c2C)cc1. The molecule has 0 spiro atoms. The zero-order valence-corrected chi connectivity index (χ0v) is 16.3. The third-order valence-electron chi connectivity index (χ3n) is 4.56. The van der Waals surface area contributed by atoms with E-state index in [2.05, 4.69) is 10.4 Å². The largest absolute Gasteiger partial charge is 0.494 e. The van der Waals surface area contributed by atoms with Crippen molar-refractivity contribution in [3.05, 3.63) is 77.4 Å². The molecule has 0 fully saturated rings. The van der Waals surface area contributed by atoms with Crippen molar-refractivity contribution in [1.29, 1.82) is 0 Å². The van der Waals surface area contributed by atoms with Crippen molar-refractivity contribution in [3.63, 3.8) is 0 Å². The van der Waals surface area contributed by atoms with Crippen molar-refractivity contribution in [1.82, 2.24) is 15.1 Å². The van der Waals surface area contributed by atoms with E-state index in [-0.39, 0.29) is 17.8 Å². The number of aromatic nitrogens is 2. The van der Waals surface area contributed by atoms with Crippen molar-refractivity contribution in [3.8, 4) is 11.4 Å². The molecule has 0 radical (unpaired) electrons. The van der Waals surface area contributed by atoms with E-state index >= 15 is 0 Å². The Balaban J connectivity index is 1.65. The van der Waals surface area contributed by atoms with Gasteiger partial charge in [-0.3, -0.25) is 4.79 Å². The molecule has 3 rings (SSSR count). The molecule has 0 saturated carbocycles. The fourth-order valence-electron chi connectivity index (χ4n) is 3.12. The highest BCUT2D eigenvalue weighted by molar-refractivity contribution is 5.79. The van der Waals surface area contributed by atoms with Crippen LogP contribution in [0.25, 0.3) is 5.69 Å². The number of rotatable bonds is 7. The van der Waals surface area contributed by atoms with Crippen molar-refractivity contribution < 1.29 is 13.9 Å². The van der Waals surface area contributed by atoms with Crippen LogP contribution in [0.3, 0.4) is 0 Å². The lowest BCUT2D eigenvalue weighted by Crippen LogP contribution is -2.28. The van der Waals surface area contributed by atoms with Crippen LogP contribution >= 0.6 is 0 Å². The van der Waals surface area contributed by atoms with Gasteiger partial charge in [-0.15, -0.1) is 0 Å². The van der Waals surface area contributed by atoms with Crippen molar-refractivity contribution in [2.45, 2.75) is 33.2 Å². The van der Waals surface area contributed by atoms with Crippen LogP contribution in [0, 0.1) is 12.7 Å². The summed E-state index contributed by atoms with van der Waals surface area (Å²) in [5, 5.41) is 7.40. The van der Waals surface area contributed by atoms with E-state index in [1.807, 2.05) is 45.0 Å². The Morgan fingerprint density at radius 3 is 2.50 bits per heavy atom. The van der Waals surface area contributed by atoms with Crippen LogP contribution < -0.4 is 10.1 Å². The Labute approximate surface area is 164 Å². The Hall–Kier alpha value is -3.15. The summed E-state index contributed by atoms with van der Waals surface area (Å²) in [6.45, 7) is 6.40. The van der Waals surface area contributed by atoms with Gasteiger partial charge in [0.15, 0.2) is 0 Å². The molecular formula is C22H24FN3O2. The number of ether oxygens (including phenoxy) is 1. The van der Waals surface area contributed by atoms with E-state index in [1.165, 1.54) is 12.1 Å². The first kappa shape index (κ1) is 19.6. The summed E-state index contributed by atoms with van der Waals surface area (Å²) < 4.78 is 20.3. The zero-order chi connectivity index (χ0) is 20.1. The average Bonchev–Trinajstić information content (AvgIpc) is 3.06. The van der Waals surface area contributed by atoms with Crippen LogP contribution in [0.15, 0.2) is 54.7 Å². The third kappa shape index (κ3) is 4.57. The molecule has 0 aliphatic carbocycles. The minimum absolute atomic E-state index is 0.0643. The minimum Gasteiger partial charge on any atom is -0.494 e. The summed E-state index contributed by atoms with van der Waals surface area (Å²) in [4.78, 5) is 12.4. The van der Waals surface area contributed by atoms with Gasteiger partial charge in [0, 0.05) is 11.3 Å². The van der Waals surface area contributed by atoms with Gasteiger partial charge in [0.2, 0.25) is 5.91 Å². The van der Waals surface area contributed by atoms with E-state index in [0.717, 1.165) is 28.3 Å². The van der Waals surface area contributed by atoms with E-state index in [1.54, 1.807) is 23.0 Å². The van der Waals surface area contributed by atoms with Gasteiger partial charge in [-0.1, -0.05) is 12.1 Å². The van der Waals surface area contributed by atoms with Gasteiger partial charge < -0.3 is 10.1 Å². The Kier molecular flexibility index (Phi) is 6.09. The molecule has 1 aromatic heterocycles. The molecule has 0 bridgehead atoms. The molecule has 2 aromatic carbocycles. The molecule has 0 saturated heterocycles. The number of carbonyl (C=O) groups excluding carboxylic acids is 1. The number of hydrogen-bond donors (Lipinski definition) is 1. The molecule has 1 amide bonds. The Morgan fingerprint density at radius 1 is 1.18 bits per heavy atom. The lowest BCUT2D eigenvalue weighted by molar-refractivity contribution is -0.121. The highest BCUT2D eigenvalue weighted by atomic mass is 19.1. The predicted molar refractivity (Wildman–Crippen MR) is 106 cm³/mol. The normalized spacial score (nSPS) is 11.9. The molecule has 3 aromatic rings. The van der Waals surface area contributed by atoms with E-state index in [0.29, 0.717) is 13.0 Å². The summed E-state index contributed by atoms with van der Waals surface area (Å²) in [6, 6.07) is 13.5. The van der Waals surface area contributed by atoms with Crippen LogP contribution in [0.4, 0.5) is 4.39 Å². The smallest absolute Gasteiger partial charge is 0.224 e. The lowest BCUT2D eigenvalue weighted by Gasteiger charge is -2.14. The molecule has 6 heteroatoms. The fraction of sp³-hybridized carbons (Fsp3) is 0.273. The van der Waals surface area contributed by atoms with Gasteiger partial charge >= 0.3 is 0 Å². The summed E-state index contributed by atoms with van der Waals surface area (Å²) >= 11 is 0. The van der Waals surface area contributed by atoms with E-state index in [4.69, 9.17) is 4.74 Å². The standard InChI is InChI=1S/C22H24FN3O2/c1-4-28-20-11-5-17(6-12-20)13-22(27)25-15(2)21-14-24-26(16(21)3)19-9-7-18(23)8-10-19/h5-12,14-15H,4,13H2,1-3H3,(H,25,27). The maximum atomic E-state index is 13.1. The van der Waals surface area contributed by atoms with Crippen molar-refractivity contribution in [2.24, 2.45) is 0 Å². The van der Waals surface area contributed by atoms with Crippen LogP contribution in [0.2, 0.25) is 0 Å². The summed E-state index contributed by atoms with van der Waals surface area (Å²) in [5.41, 5.74) is 3.52. The molecule has 0 aliphatic heterocycles. The van der Waals surface area contributed by atoms with E-state index < -0.39 is 0 Å². The second-order valence-electron chi connectivity index (χ2n) is 6.62. The Bertz CT molecular complexity index is 933. The molecule has 28 heavy (non-hydrogen) atoms. The number of nitrogens with zero attached hydrogens (tertiary/aromatic N) is 2. The second-order valence-corrected chi connectivity index (χ2v) is 6.62. The number of hydrogen-bond acceptors (Lipinski definition) is 3. The van der Waals surface area contributed by atoms with Gasteiger partial charge in [0.1, 0.15) is 11.6 Å². The first-order valence-corrected chi connectivity index (χ1v) is 9.29. The van der Waals surface area contributed by atoms with Crippen LogP contribution in [0.1, 0.15) is 36.7 Å². The molecule has 146 valence electrons. The topological polar surface area (TPSA) is 56.1 Å². The number of benzene rings is 2. The molecular weight excluding hydrogens is 357 g/mol. The zero-order valence-electron chi connectivity index (χ0n) is 16.3. The number of amides is 1. The summed E-state index contributed by atoms with van der Waals surface area (Å²) in [5.74, 6) is 0.443. The highest BCUT2D eigenvalue weighted by Crippen LogP contribution is 2.21. The average molecular weight is 381 g/mol. The summed E-state index contributed by atoms with van der Waals surface area (Å²) in [7, 11) is 0.